The number of nitrogens with zero attached hydrogens (tertiary/aromatic N) is 2. The zero-order valence-corrected chi connectivity index (χ0v) is 18.6. The molecule has 148 valence electrons. The van der Waals surface area contributed by atoms with Gasteiger partial charge in [-0.05, 0) is 56.9 Å². The van der Waals surface area contributed by atoms with Crippen molar-refractivity contribution in [1.82, 2.24) is 4.90 Å². The molecule has 1 aliphatic rings. The topological polar surface area (TPSA) is 53.3 Å². The summed E-state index contributed by atoms with van der Waals surface area (Å²) >= 11 is 9.82. The van der Waals surface area contributed by atoms with Crippen molar-refractivity contribution in [2.24, 2.45) is 0 Å². The van der Waals surface area contributed by atoms with Gasteiger partial charge in [0, 0.05) is 34.0 Å². The highest BCUT2D eigenvalue weighted by molar-refractivity contribution is 7.98. The molecular weight excluding hydrogens is 412 g/mol. The number of ether oxygens (including phenoxy) is 1. The van der Waals surface area contributed by atoms with Gasteiger partial charge >= 0.3 is 6.09 Å². The van der Waals surface area contributed by atoms with Crippen LogP contribution in [0.2, 0.25) is 5.02 Å². The highest BCUT2D eigenvalue weighted by atomic mass is 35.5. The van der Waals surface area contributed by atoms with Gasteiger partial charge in [-0.25, -0.2) is 4.79 Å². The molecule has 2 aromatic rings. The molecule has 4 nitrogen and oxygen atoms in total. The fourth-order valence-corrected chi connectivity index (χ4v) is 5.45. The van der Waals surface area contributed by atoms with Gasteiger partial charge in [-0.3, -0.25) is 0 Å². The van der Waals surface area contributed by atoms with E-state index < -0.39 is 5.60 Å². The summed E-state index contributed by atoms with van der Waals surface area (Å²) in [6, 6.07) is 8.11. The van der Waals surface area contributed by atoms with Crippen molar-refractivity contribution in [2.75, 3.05) is 13.1 Å². The fourth-order valence-electron chi connectivity index (χ4n) is 3.09. The Bertz CT molecular complexity index is 912. The van der Waals surface area contributed by atoms with Gasteiger partial charge in [-0.15, -0.1) is 23.1 Å². The summed E-state index contributed by atoms with van der Waals surface area (Å²) < 4.78 is 5.53. The quantitative estimate of drug-likeness (QED) is 0.564. The zero-order chi connectivity index (χ0) is 20.3. The monoisotopic (exact) mass is 434 g/mol. The Balaban J connectivity index is 1.74. The molecule has 0 aliphatic carbocycles. The number of rotatable bonds is 3. The van der Waals surface area contributed by atoms with Crippen molar-refractivity contribution >= 4 is 40.8 Å². The van der Waals surface area contributed by atoms with Crippen LogP contribution >= 0.6 is 34.7 Å². The van der Waals surface area contributed by atoms with E-state index in [4.69, 9.17) is 21.6 Å². The van der Waals surface area contributed by atoms with Crippen LogP contribution in [0.1, 0.15) is 42.3 Å². The summed E-state index contributed by atoms with van der Waals surface area (Å²) in [5.74, 6) is 0.776. The molecule has 0 radical (unpaired) electrons. The van der Waals surface area contributed by atoms with Gasteiger partial charge in [0.2, 0.25) is 0 Å². The number of fused-ring (bicyclic) bond motifs is 1. The highest BCUT2D eigenvalue weighted by Crippen LogP contribution is 2.37. The zero-order valence-electron chi connectivity index (χ0n) is 16.3. The van der Waals surface area contributed by atoms with Crippen LogP contribution in [0.5, 0.6) is 0 Å². The Morgan fingerprint density at radius 3 is 2.79 bits per heavy atom. The van der Waals surface area contributed by atoms with E-state index in [1.807, 2.05) is 38.3 Å². The third-order valence-corrected chi connectivity index (χ3v) is 7.14. The molecule has 0 unspecified atom stereocenters. The van der Waals surface area contributed by atoms with E-state index in [0.29, 0.717) is 18.7 Å². The first-order valence-electron chi connectivity index (χ1n) is 9.15. The first-order chi connectivity index (χ1) is 13.3. The van der Waals surface area contributed by atoms with E-state index in [2.05, 4.69) is 12.1 Å². The number of carbonyl (C=O) groups excluding carboxylic acids is 1. The maximum atomic E-state index is 12.5. The molecule has 0 saturated heterocycles. The number of halogens is 1. The second-order valence-electron chi connectivity index (χ2n) is 7.68. The van der Waals surface area contributed by atoms with E-state index in [9.17, 15) is 4.79 Å². The minimum absolute atomic E-state index is 0.261. The smallest absolute Gasteiger partial charge is 0.410 e. The normalized spacial score (nSPS) is 14.2. The van der Waals surface area contributed by atoms with Crippen LogP contribution in [0.3, 0.4) is 0 Å². The molecule has 1 aromatic heterocycles. The first kappa shape index (κ1) is 21.0. The number of hydrogen-bond donors (Lipinski definition) is 0. The average molecular weight is 435 g/mol. The summed E-state index contributed by atoms with van der Waals surface area (Å²) in [4.78, 5) is 16.5. The molecule has 0 saturated carbocycles. The molecule has 0 bridgehead atoms. The van der Waals surface area contributed by atoms with Gasteiger partial charge in [-0.1, -0.05) is 17.7 Å². The van der Waals surface area contributed by atoms with Gasteiger partial charge in [0.05, 0.1) is 10.6 Å². The number of thiophene rings is 1. The molecular formula is C21H23ClN2O2S2. The molecule has 0 N–H and O–H groups in total. The van der Waals surface area contributed by atoms with Gasteiger partial charge < -0.3 is 9.64 Å². The summed E-state index contributed by atoms with van der Waals surface area (Å²) in [5.41, 5.74) is 2.66. The summed E-state index contributed by atoms with van der Waals surface area (Å²) in [6.45, 7) is 6.91. The van der Waals surface area contributed by atoms with Crippen molar-refractivity contribution in [3.05, 3.63) is 50.2 Å². The van der Waals surface area contributed by atoms with Gasteiger partial charge in [0.1, 0.15) is 11.7 Å². The lowest BCUT2D eigenvalue weighted by Crippen LogP contribution is -2.38. The Hall–Kier alpha value is -1.68. The number of thioether (sulfide) groups is 1. The molecule has 28 heavy (non-hydrogen) atoms. The lowest BCUT2D eigenvalue weighted by atomic mass is 10.0. The Morgan fingerprint density at radius 1 is 1.36 bits per heavy atom. The minimum Gasteiger partial charge on any atom is -0.444 e. The number of amides is 1. The van der Waals surface area contributed by atoms with Crippen LogP contribution < -0.4 is 0 Å². The predicted molar refractivity (Wildman–Crippen MR) is 115 cm³/mol. The standard InChI is InChI=1S/C21H23ClN2O2S2/c1-21(2,3)26-20(25)24-8-6-15-4-5-18(22)19(17(15)7-9-24)28-13-16-10-14(11-23)12-27-16/h4-5,10,12H,6-9,13H2,1-3H3. The Morgan fingerprint density at radius 2 is 2.11 bits per heavy atom. The average Bonchev–Trinajstić information content (AvgIpc) is 2.97. The third-order valence-electron chi connectivity index (χ3n) is 4.39. The number of benzene rings is 1. The Labute approximate surface area is 179 Å². The van der Waals surface area contributed by atoms with Crippen molar-refractivity contribution in [1.29, 1.82) is 5.26 Å². The molecule has 2 heterocycles. The van der Waals surface area contributed by atoms with Crippen LogP contribution in [0.15, 0.2) is 28.5 Å². The predicted octanol–water partition coefficient (Wildman–Crippen LogP) is 5.90. The second-order valence-corrected chi connectivity index (χ2v) is 10.1. The lowest BCUT2D eigenvalue weighted by Gasteiger charge is -2.26. The molecule has 0 fully saturated rings. The van der Waals surface area contributed by atoms with E-state index in [0.717, 1.165) is 33.4 Å². The van der Waals surface area contributed by atoms with E-state index in [1.54, 1.807) is 28.0 Å². The van der Waals surface area contributed by atoms with Crippen LogP contribution in [-0.2, 0) is 23.3 Å². The molecule has 0 spiro atoms. The number of hydrogen-bond acceptors (Lipinski definition) is 5. The molecule has 1 aromatic carbocycles. The van der Waals surface area contributed by atoms with Crippen LogP contribution in [0, 0.1) is 11.3 Å². The molecule has 0 atom stereocenters. The summed E-state index contributed by atoms with van der Waals surface area (Å²) in [5, 5.41) is 11.6. The SMILES string of the molecule is CC(C)(C)OC(=O)N1CCc2ccc(Cl)c(SCc3cc(C#N)cs3)c2CC1. The Kier molecular flexibility index (Phi) is 6.59. The molecule has 7 heteroatoms. The van der Waals surface area contributed by atoms with Crippen LogP contribution in [0.25, 0.3) is 0 Å². The molecule has 1 amide bonds. The maximum absolute atomic E-state index is 12.5. The van der Waals surface area contributed by atoms with Crippen molar-refractivity contribution in [2.45, 2.75) is 49.9 Å². The van der Waals surface area contributed by atoms with Crippen LogP contribution in [-0.4, -0.2) is 29.7 Å². The summed E-state index contributed by atoms with van der Waals surface area (Å²) in [6.07, 6.45) is 1.28. The van der Waals surface area contributed by atoms with E-state index >= 15 is 0 Å². The first-order valence-corrected chi connectivity index (χ1v) is 11.4. The number of nitriles is 1. The van der Waals surface area contributed by atoms with Crippen molar-refractivity contribution in [3.63, 3.8) is 0 Å². The van der Waals surface area contributed by atoms with E-state index in [-0.39, 0.29) is 6.09 Å². The van der Waals surface area contributed by atoms with Crippen molar-refractivity contribution < 1.29 is 9.53 Å². The minimum atomic E-state index is -0.496. The second kappa shape index (κ2) is 8.77. The van der Waals surface area contributed by atoms with Gasteiger partial charge in [-0.2, -0.15) is 5.26 Å². The van der Waals surface area contributed by atoms with Gasteiger partial charge in [0.15, 0.2) is 0 Å². The molecule has 1 aliphatic heterocycles. The molecule has 3 rings (SSSR count). The number of carbonyl (C=O) groups is 1. The van der Waals surface area contributed by atoms with Gasteiger partial charge in [0.25, 0.3) is 0 Å². The van der Waals surface area contributed by atoms with Crippen LogP contribution in [0.4, 0.5) is 4.79 Å². The lowest BCUT2D eigenvalue weighted by molar-refractivity contribution is 0.0258. The largest absolute Gasteiger partial charge is 0.444 e. The highest BCUT2D eigenvalue weighted by Gasteiger charge is 2.25. The fraction of sp³-hybridized carbons (Fsp3) is 0.429. The van der Waals surface area contributed by atoms with Crippen molar-refractivity contribution in [3.8, 4) is 6.07 Å². The van der Waals surface area contributed by atoms with E-state index in [1.165, 1.54) is 11.1 Å². The maximum Gasteiger partial charge on any atom is 0.410 e. The third kappa shape index (κ3) is 5.22. The summed E-state index contributed by atoms with van der Waals surface area (Å²) in [7, 11) is 0.